The first-order chi connectivity index (χ1) is 11.0. The lowest BCUT2D eigenvalue weighted by molar-refractivity contribution is -0.116. The summed E-state index contributed by atoms with van der Waals surface area (Å²) in [5.41, 5.74) is 0.766. The van der Waals surface area contributed by atoms with E-state index in [9.17, 15) is 35.5 Å². The zero-order valence-corrected chi connectivity index (χ0v) is 13.5. The number of fused-ring (bicyclic) bond motifs is 2. The Labute approximate surface area is 137 Å². The minimum absolute atomic E-state index is 0.0955. The van der Waals surface area contributed by atoms with Crippen LogP contribution < -0.4 is 0 Å². The van der Waals surface area contributed by atoms with E-state index >= 15 is 0 Å². The SMILES string of the molecule is O=C1CC=CC2=CC3=CC(S(=O)(=O)O)=C(S(=O)(=O)O)C(=O)[C@@H]3C=C12. The molecule has 0 fully saturated rings. The van der Waals surface area contributed by atoms with Crippen LogP contribution in [-0.4, -0.2) is 37.5 Å². The van der Waals surface area contributed by atoms with Crippen molar-refractivity contribution in [3.8, 4) is 0 Å². The normalized spacial score (nSPS) is 24.1. The second kappa shape index (κ2) is 5.18. The average molecular weight is 370 g/mol. The molecule has 24 heavy (non-hydrogen) atoms. The van der Waals surface area contributed by atoms with Crippen molar-refractivity contribution >= 4 is 31.8 Å². The van der Waals surface area contributed by atoms with Crippen molar-refractivity contribution < 1.29 is 35.5 Å². The van der Waals surface area contributed by atoms with Crippen molar-refractivity contribution in [3.05, 3.63) is 56.9 Å². The summed E-state index contributed by atoms with van der Waals surface area (Å²) in [6.45, 7) is 0. The van der Waals surface area contributed by atoms with Crippen LogP contribution in [0.3, 0.4) is 0 Å². The van der Waals surface area contributed by atoms with Gasteiger partial charge < -0.3 is 0 Å². The molecule has 126 valence electrons. The van der Waals surface area contributed by atoms with E-state index in [1.165, 1.54) is 12.2 Å². The van der Waals surface area contributed by atoms with Crippen LogP contribution in [0.4, 0.5) is 0 Å². The highest BCUT2D eigenvalue weighted by Gasteiger charge is 2.42. The van der Waals surface area contributed by atoms with Gasteiger partial charge in [0, 0.05) is 12.0 Å². The molecule has 0 aromatic rings. The molecule has 0 aromatic carbocycles. The van der Waals surface area contributed by atoms with Crippen LogP contribution >= 0.6 is 0 Å². The number of rotatable bonds is 2. The molecule has 0 aromatic heterocycles. The lowest BCUT2D eigenvalue weighted by atomic mass is 9.78. The van der Waals surface area contributed by atoms with Gasteiger partial charge in [0.05, 0.1) is 5.92 Å². The Morgan fingerprint density at radius 1 is 1.00 bits per heavy atom. The number of ketones is 2. The Hall–Kier alpha value is -2.14. The molecule has 0 unspecified atom stereocenters. The highest BCUT2D eigenvalue weighted by molar-refractivity contribution is 7.94. The number of carbonyl (C=O) groups is 2. The molecule has 2 N–H and O–H groups in total. The molecule has 1 atom stereocenters. The number of allylic oxidation sites excluding steroid dienone is 9. The molecule has 0 aliphatic heterocycles. The lowest BCUT2D eigenvalue weighted by Gasteiger charge is -2.27. The number of Topliss-reactive ketones (excluding diaryl/α,β-unsaturated/α-hetero) is 2. The van der Waals surface area contributed by atoms with Crippen molar-refractivity contribution in [2.24, 2.45) is 5.92 Å². The Kier molecular flexibility index (Phi) is 3.61. The first-order valence-electron chi connectivity index (χ1n) is 6.59. The van der Waals surface area contributed by atoms with Crippen LogP contribution in [-0.2, 0) is 29.8 Å². The Bertz CT molecular complexity index is 1050. The van der Waals surface area contributed by atoms with E-state index in [1.807, 2.05) is 0 Å². The van der Waals surface area contributed by atoms with Crippen LogP contribution in [0, 0.1) is 5.92 Å². The van der Waals surface area contributed by atoms with Crippen molar-refractivity contribution in [2.75, 3.05) is 0 Å². The smallest absolute Gasteiger partial charge is 0.294 e. The Morgan fingerprint density at radius 2 is 1.67 bits per heavy atom. The van der Waals surface area contributed by atoms with Gasteiger partial charge in [0.15, 0.2) is 16.5 Å². The maximum atomic E-state index is 12.4. The molecular formula is C14H10O8S2. The van der Waals surface area contributed by atoms with Gasteiger partial charge in [-0.3, -0.25) is 18.7 Å². The Morgan fingerprint density at radius 3 is 2.25 bits per heavy atom. The monoisotopic (exact) mass is 370 g/mol. The van der Waals surface area contributed by atoms with Crippen LogP contribution in [0.2, 0.25) is 0 Å². The van der Waals surface area contributed by atoms with Crippen LogP contribution in [0.5, 0.6) is 0 Å². The highest BCUT2D eigenvalue weighted by atomic mass is 32.2. The third-order valence-electron chi connectivity index (χ3n) is 3.79. The minimum atomic E-state index is -5.20. The standard InChI is InChI=1S/C14H10O8S2/c15-11-3-1-2-7-4-8-5-12(23(17,18)19)14(24(20,21)22)13(16)10(8)6-9(7)11/h1-2,4-6,10H,3H2,(H,17,18,19)(H,20,21,22)/t10-/m1/s1. The fraction of sp³-hybridized carbons (Fsp3) is 0.143. The molecule has 0 saturated carbocycles. The molecule has 0 spiro atoms. The van der Waals surface area contributed by atoms with Crippen LogP contribution in [0.25, 0.3) is 0 Å². The van der Waals surface area contributed by atoms with Gasteiger partial charge in [-0.25, -0.2) is 0 Å². The molecule has 8 nitrogen and oxygen atoms in total. The molecule has 0 saturated heterocycles. The van der Waals surface area contributed by atoms with Crippen LogP contribution in [0.1, 0.15) is 6.42 Å². The van der Waals surface area contributed by atoms with Crippen molar-refractivity contribution in [2.45, 2.75) is 6.42 Å². The third kappa shape index (κ3) is 2.63. The van der Waals surface area contributed by atoms with Gasteiger partial charge in [-0.2, -0.15) is 16.8 Å². The van der Waals surface area contributed by atoms with Gasteiger partial charge >= 0.3 is 0 Å². The second-order valence-corrected chi connectivity index (χ2v) is 8.09. The van der Waals surface area contributed by atoms with Crippen LogP contribution in [0.15, 0.2) is 56.9 Å². The zero-order valence-electron chi connectivity index (χ0n) is 11.8. The fourth-order valence-corrected chi connectivity index (χ4v) is 4.73. The number of hydrogen-bond donors (Lipinski definition) is 2. The van der Waals surface area contributed by atoms with E-state index in [4.69, 9.17) is 0 Å². The summed E-state index contributed by atoms with van der Waals surface area (Å²) in [5, 5.41) is 0. The molecule has 3 aliphatic carbocycles. The van der Waals surface area contributed by atoms with Crippen molar-refractivity contribution in [3.63, 3.8) is 0 Å². The molecular weight excluding hydrogens is 360 g/mol. The van der Waals surface area contributed by atoms with E-state index < -0.39 is 41.7 Å². The maximum Gasteiger partial charge on any atom is 0.299 e. The zero-order chi connectivity index (χ0) is 17.9. The van der Waals surface area contributed by atoms with Gasteiger partial charge in [-0.15, -0.1) is 0 Å². The van der Waals surface area contributed by atoms with E-state index in [1.54, 1.807) is 12.2 Å². The quantitative estimate of drug-likeness (QED) is 0.669. The van der Waals surface area contributed by atoms with Gasteiger partial charge in [0.1, 0.15) is 4.91 Å². The summed E-state index contributed by atoms with van der Waals surface area (Å²) in [6, 6.07) is 0. The third-order valence-corrected chi connectivity index (χ3v) is 5.73. The molecule has 3 rings (SSSR count). The average Bonchev–Trinajstić information content (AvgIpc) is 2.43. The number of carbonyl (C=O) groups excluding carboxylic acids is 2. The molecule has 10 heteroatoms. The van der Waals surface area contributed by atoms with E-state index in [0.29, 0.717) is 5.57 Å². The largest absolute Gasteiger partial charge is 0.299 e. The molecule has 3 aliphatic rings. The number of hydrogen-bond acceptors (Lipinski definition) is 6. The molecule has 0 bridgehead atoms. The second-order valence-electron chi connectivity index (χ2n) is 5.34. The lowest BCUT2D eigenvalue weighted by Crippen LogP contribution is -2.30. The van der Waals surface area contributed by atoms with E-state index in [0.717, 1.165) is 6.08 Å². The predicted molar refractivity (Wildman–Crippen MR) is 81.6 cm³/mol. The summed E-state index contributed by atoms with van der Waals surface area (Å²) >= 11 is 0. The van der Waals surface area contributed by atoms with Crippen molar-refractivity contribution in [1.29, 1.82) is 0 Å². The minimum Gasteiger partial charge on any atom is -0.294 e. The fourth-order valence-electron chi connectivity index (χ4n) is 2.78. The first kappa shape index (κ1) is 16.7. The summed E-state index contributed by atoms with van der Waals surface area (Å²) in [4.78, 5) is 21.7. The Balaban J connectivity index is 2.31. The topological polar surface area (TPSA) is 143 Å². The van der Waals surface area contributed by atoms with Gasteiger partial charge in [0.25, 0.3) is 20.2 Å². The highest BCUT2D eigenvalue weighted by Crippen LogP contribution is 2.39. The predicted octanol–water partition coefficient (Wildman–Crippen LogP) is 0.494. The van der Waals surface area contributed by atoms with Gasteiger partial charge in [-0.1, -0.05) is 18.2 Å². The molecule has 0 amide bonds. The van der Waals surface area contributed by atoms with Gasteiger partial charge in [-0.05, 0) is 23.3 Å². The summed E-state index contributed by atoms with van der Waals surface area (Å²) in [6.07, 6.45) is 6.75. The van der Waals surface area contributed by atoms with Gasteiger partial charge in [0.2, 0.25) is 0 Å². The van der Waals surface area contributed by atoms with E-state index in [2.05, 4.69) is 0 Å². The van der Waals surface area contributed by atoms with Crippen molar-refractivity contribution in [1.82, 2.24) is 0 Å². The molecule has 0 heterocycles. The summed E-state index contributed by atoms with van der Waals surface area (Å²) in [7, 11) is -10.3. The maximum absolute atomic E-state index is 12.4. The summed E-state index contributed by atoms with van der Waals surface area (Å²) < 4.78 is 64.1. The first-order valence-corrected chi connectivity index (χ1v) is 9.47. The molecule has 0 radical (unpaired) electrons. The summed E-state index contributed by atoms with van der Waals surface area (Å²) in [5.74, 6) is -2.73. The van der Waals surface area contributed by atoms with E-state index in [-0.39, 0.29) is 23.4 Å².